The molecule has 0 unspecified atom stereocenters. The third kappa shape index (κ3) is 2.50. The molecule has 0 saturated heterocycles. The van der Waals surface area contributed by atoms with Crippen LogP contribution >= 0.6 is 0 Å². The van der Waals surface area contributed by atoms with Crippen LogP contribution in [-0.2, 0) is 6.18 Å². The number of carbonyl (C=O) groups is 1. The molecule has 17 heavy (non-hydrogen) atoms. The Kier molecular flexibility index (Phi) is 3.62. The molecular weight excluding hydrogens is 239 g/mol. The minimum absolute atomic E-state index is 0.294. The number of ketones is 1. The molecule has 0 saturated carbocycles. The van der Waals surface area contributed by atoms with E-state index < -0.39 is 35.6 Å². The molecule has 3 N–H and O–H groups in total. The quantitative estimate of drug-likeness (QED) is 0.797. The fourth-order valence-corrected chi connectivity index (χ4v) is 1.34. The van der Waals surface area contributed by atoms with Gasteiger partial charge in [-0.15, -0.1) is 0 Å². The van der Waals surface area contributed by atoms with E-state index in [-0.39, 0.29) is 5.56 Å². The van der Waals surface area contributed by atoms with Gasteiger partial charge in [0.2, 0.25) is 0 Å². The minimum atomic E-state index is -4.67. The zero-order valence-electron chi connectivity index (χ0n) is 8.84. The maximum Gasteiger partial charge on any atom is 0.420 e. The number of methoxy groups -OCH3 is 1. The standard InChI is InChI=1S/C10H10F3NO3/c1-17-9-6(10(11,12)13)3-2-5(8(9)16)7(15)4-14/h2-3,16H,4,14H2,1H3. The molecule has 0 aliphatic heterocycles. The molecule has 0 bridgehead atoms. The fourth-order valence-electron chi connectivity index (χ4n) is 1.34. The number of hydrogen-bond donors (Lipinski definition) is 2. The van der Waals surface area contributed by atoms with Crippen LogP contribution in [0.2, 0.25) is 0 Å². The van der Waals surface area contributed by atoms with Gasteiger partial charge in [-0.05, 0) is 12.1 Å². The summed E-state index contributed by atoms with van der Waals surface area (Å²) in [5.41, 5.74) is 3.62. The number of Topliss-reactive ketones (excluding diaryl/α,β-unsaturated/α-hetero) is 1. The van der Waals surface area contributed by atoms with Gasteiger partial charge in [-0.3, -0.25) is 4.79 Å². The Bertz CT molecular complexity index is 443. The highest BCUT2D eigenvalue weighted by Crippen LogP contribution is 2.42. The van der Waals surface area contributed by atoms with Crippen LogP contribution in [0, 0.1) is 0 Å². The molecule has 7 heteroatoms. The van der Waals surface area contributed by atoms with Gasteiger partial charge >= 0.3 is 6.18 Å². The van der Waals surface area contributed by atoms with Crippen LogP contribution < -0.4 is 10.5 Å². The molecule has 0 amide bonds. The summed E-state index contributed by atoms with van der Waals surface area (Å²) >= 11 is 0. The maximum atomic E-state index is 12.5. The van der Waals surface area contributed by atoms with Crippen molar-refractivity contribution in [2.45, 2.75) is 6.18 Å². The second kappa shape index (κ2) is 4.62. The number of ether oxygens (including phenoxy) is 1. The topological polar surface area (TPSA) is 72.5 Å². The summed E-state index contributed by atoms with van der Waals surface area (Å²) in [6.45, 7) is -0.415. The maximum absolute atomic E-state index is 12.5. The van der Waals surface area contributed by atoms with Gasteiger partial charge in [0.05, 0.1) is 19.2 Å². The molecular formula is C10H10F3NO3. The summed E-state index contributed by atoms with van der Waals surface area (Å²) in [5, 5.41) is 9.53. The summed E-state index contributed by atoms with van der Waals surface area (Å²) in [7, 11) is 0.973. The number of halogens is 3. The van der Waals surface area contributed by atoms with E-state index in [1.807, 2.05) is 0 Å². The van der Waals surface area contributed by atoms with Gasteiger partial charge < -0.3 is 15.6 Å². The molecule has 0 spiro atoms. The zero-order valence-corrected chi connectivity index (χ0v) is 8.84. The van der Waals surface area contributed by atoms with Crippen LogP contribution in [0.1, 0.15) is 15.9 Å². The number of benzene rings is 1. The van der Waals surface area contributed by atoms with E-state index >= 15 is 0 Å². The first-order chi connectivity index (χ1) is 7.82. The van der Waals surface area contributed by atoms with E-state index in [4.69, 9.17) is 5.73 Å². The molecule has 94 valence electrons. The Hall–Kier alpha value is -1.76. The Balaban J connectivity index is 3.43. The number of phenolic OH excluding ortho intramolecular Hbond substituents is 1. The van der Waals surface area contributed by atoms with Crippen molar-refractivity contribution in [1.82, 2.24) is 0 Å². The third-order valence-corrected chi connectivity index (χ3v) is 2.13. The highest BCUT2D eigenvalue weighted by atomic mass is 19.4. The smallest absolute Gasteiger partial charge is 0.420 e. The number of hydrogen-bond acceptors (Lipinski definition) is 4. The molecule has 4 nitrogen and oxygen atoms in total. The minimum Gasteiger partial charge on any atom is -0.504 e. The average Bonchev–Trinajstić information content (AvgIpc) is 2.26. The Labute approximate surface area is 94.8 Å². The summed E-state index contributed by atoms with van der Waals surface area (Å²) in [6.07, 6.45) is -4.67. The number of carbonyl (C=O) groups excluding carboxylic acids is 1. The van der Waals surface area contributed by atoms with Crippen molar-refractivity contribution >= 4 is 5.78 Å². The predicted molar refractivity (Wildman–Crippen MR) is 53.0 cm³/mol. The summed E-state index contributed by atoms with van der Waals surface area (Å²) < 4.78 is 42.1. The van der Waals surface area contributed by atoms with E-state index in [1.165, 1.54) is 0 Å². The largest absolute Gasteiger partial charge is 0.504 e. The van der Waals surface area contributed by atoms with Crippen LogP contribution in [0.4, 0.5) is 13.2 Å². The van der Waals surface area contributed by atoms with E-state index in [1.54, 1.807) is 0 Å². The Morgan fingerprint density at radius 2 is 2.06 bits per heavy atom. The van der Waals surface area contributed by atoms with E-state index in [2.05, 4.69) is 4.74 Å². The molecule has 1 aromatic rings. The number of aromatic hydroxyl groups is 1. The normalized spacial score (nSPS) is 11.4. The molecule has 0 atom stereocenters. The molecule has 1 aromatic carbocycles. The monoisotopic (exact) mass is 249 g/mol. The van der Waals surface area contributed by atoms with Crippen molar-refractivity contribution in [3.05, 3.63) is 23.3 Å². The van der Waals surface area contributed by atoms with Crippen molar-refractivity contribution in [2.24, 2.45) is 5.73 Å². The lowest BCUT2D eigenvalue weighted by atomic mass is 10.0. The predicted octanol–water partition coefficient (Wildman–Crippen LogP) is 1.56. The van der Waals surface area contributed by atoms with Crippen molar-refractivity contribution in [2.75, 3.05) is 13.7 Å². The van der Waals surface area contributed by atoms with Crippen LogP contribution in [0.25, 0.3) is 0 Å². The van der Waals surface area contributed by atoms with Crippen LogP contribution in [-0.4, -0.2) is 24.5 Å². The molecule has 0 radical (unpaired) electrons. The molecule has 0 aliphatic rings. The second-order valence-electron chi connectivity index (χ2n) is 3.17. The SMILES string of the molecule is COc1c(C(F)(F)F)ccc(C(=O)CN)c1O. The van der Waals surface area contributed by atoms with Gasteiger partial charge in [0, 0.05) is 0 Å². The molecule has 0 heterocycles. The lowest BCUT2D eigenvalue weighted by Crippen LogP contribution is -2.15. The van der Waals surface area contributed by atoms with Crippen molar-refractivity contribution in [3.8, 4) is 11.5 Å². The van der Waals surface area contributed by atoms with E-state index in [0.29, 0.717) is 6.07 Å². The van der Waals surface area contributed by atoms with Gasteiger partial charge in [0.15, 0.2) is 17.3 Å². The number of phenols is 1. The van der Waals surface area contributed by atoms with Crippen LogP contribution in [0.15, 0.2) is 12.1 Å². The first-order valence-corrected chi connectivity index (χ1v) is 4.53. The number of nitrogens with two attached hydrogens (primary N) is 1. The van der Waals surface area contributed by atoms with E-state index in [9.17, 15) is 23.1 Å². The Morgan fingerprint density at radius 1 is 1.47 bits per heavy atom. The first-order valence-electron chi connectivity index (χ1n) is 4.53. The lowest BCUT2D eigenvalue weighted by molar-refractivity contribution is -0.138. The average molecular weight is 249 g/mol. The van der Waals surface area contributed by atoms with Crippen LogP contribution in [0.3, 0.4) is 0 Å². The van der Waals surface area contributed by atoms with E-state index in [0.717, 1.165) is 13.2 Å². The van der Waals surface area contributed by atoms with Gasteiger partial charge in [-0.25, -0.2) is 0 Å². The summed E-state index contributed by atoms with van der Waals surface area (Å²) in [6, 6.07) is 1.54. The second-order valence-corrected chi connectivity index (χ2v) is 3.17. The van der Waals surface area contributed by atoms with Gasteiger partial charge in [-0.2, -0.15) is 13.2 Å². The van der Waals surface area contributed by atoms with Crippen LogP contribution in [0.5, 0.6) is 11.5 Å². The summed E-state index contributed by atoms with van der Waals surface area (Å²) in [5.74, 6) is -2.30. The first kappa shape index (κ1) is 13.3. The molecule has 1 rings (SSSR count). The summed E-state index contributed by atoms with van der Waals surface area (Å²) in [4.78, 5) is 11.2. The lowest BCUT2D eigenvalue weighted by Gasteiger charge is -2.14. The fraction of sp³-hybridized carbons (Fsp3) is 0.300. The zero-order chi connectivity index (χ0) is 13.2. The van der Waals surface area contributed by atoms with Crippen molar-refractivity contribution in [3.63, 3.8) is 0 Å². The van der Waals surface area contributed by atoms with Gasteiger partial charge in [-0.1, -0.05) is 0 Å². The van der Waals surface area contributed by atoms with Crippen molar-refractivity contribution in [1.29, 1.82) is 0 Å². The highest BCUT2D eigenvalue weighted by molar-refractivity contribution is 6.00. The highest BCUT2D eigenvalue weighted by Gasteiger charge is 2.36. The Morgan fingerprint density at radius 3 is 2.47 bits per heavy atom. The van der Waals surface area contributed by atoms with Crippen molar-refractivity contribution < 1.29 is 27.8 Å². The van der Waals surface area contributed by atoms with Gasteiger partial charge in [0.1, 0.15) is 5.56 Å². The third-order valence-electron chi connectivity index (χ3n) is 2.13. The molecule has 0 aromatic heterocycles. The molecule has 0 aliphatic carbocycles. The number of alkyl halides is 3. The van der Waals surface area contributed by atoms with Gasteiger partial charge in [0.25, 0.3) is 0 Å². The molecule has 0 fully saturated rings. The number of rotatable bonds is 3.